The lowest BCUT2D eigenvalue weighted by molar-refractivity contribution is 0.606. The Morgan fingerprint density at radius 1 is 1.00 bits per heavy atom. The molecular formula is C18H21BrFN. The number of aryl methyl sites for hydroxylation is 3. The molecule has 1 N–H and O–H groups in total. The van der Waals surface area contributed by atoms with Crippen LogP contribution in [0.15, 0.2) is 34.8 Å². The fourth-order valence-corrected chi connectivity index (χ4v) is 2.85. The summed E-state index contributed by atoms with van der Waals surface area (Å²) in [6, 6.07) is 9.79. The van der Waals surface area contributed by atoms with Crippen LogP contribution in [0.5, 0.6) is 0 Å². The molecule has 2 aromatic carbocycles. The van der Waals surface area contributed by atoms with Gasteiger partial charge in [-0.3, -0.25) is 0 Å². The molecule has 1 unspecified atom stereocenters. The molecule has 0 aliphatic rings. The van der Waals surface area contributed by atoms with Gasteiger partial charge in [-0.2, -0.15) is 0 Å². The third-order valence-electron chi connectivity index (χ3n) is 3.72. The van der Waals surface area contributed by atoms with Crippen molar-refractivity contribution in [3.8, 4) is 0 Å². The zero-order chi connectivity index (χ0) is 15.6. The number of hydrogen-bond acceptors (Lipinski definition) is 1. The molecule has 21 heavy (non-hydrogen) atoms. The topological polar surface area (TPSA) is 12.0 Å². The Morgan fingerprint density at radius 2 is 1.57 bits per heavy atom. The second-order valence-electron chi connectivity index (χ2n) is 5.47. The average Bonchev–Trinajstić information content (AvgIpc) is 2.45. The van der Waals surface area contributed by atoms with Crippen LogP contribution in [0, 0.1) is 26.6 Å². The minimum atomic E-state index is -0.155. The van der Waals surface area contributed by atoms with E-state index in [0.29, 0.717) is 5.56 Å². The van der Waals surface area contributed by atoms with E-state index in [4.69, 9.17) is 0 Å². The van der Waals surface area contributed by atoms with Gasteiger partial charge in [-0.05, 0) is 61.2 Å². The van der Waals surface area contributed by atoms with Crippen molar-refractivity contribution in [1.82, 2.24) is 5.32 Å². The lowest BCUT2D eigenvalue weighted by Gasteiger charge is -2.21. The van der Waals surface area contributed by atoms with E-state index in [0.717, 1.165) is 16.6 Å². The second kappa shape index (κ2) is 6.71. The van der Waals surface area contributed by atoms with Gasteiger partial charge in [-0.1, -0.05) is 47.1 Å². The average molecular weight is 350 g/mol. The Balaban J connectivity index is 2.50. The van der Waals surface area contributed by atoms with Gasteiger partial charge in [-0.25, -0.2) is 4.39 Å². The van der Waals surface area contributed by atoms with Crippen LogP contribution in [-0.4, -0.2) is 6.54 Å². The van der Waals surface area contributed by atoms with Crippen LogP contribution in [-0.2, 0) is 0 Å². The third kappa shape index (κ3) is 3.53. The van der Waals surface area contributed by atoms with Gasteiger partial charge in [-0.15, -0.1) is 0 Å². The Hall–Kier alpha value is -1.19. The van der Waals surface area contributed by atoms with Crippen LogP contribution in [0.3, 0.4) is 0 Å². The molecule has 2 aromatic rings. The van der Waals surface area contributed by atoms with Crippen molar-refractivity contribution < 1.29 is 4.39 Å². The number of benzene rings is 2. The van der Waals surface area contributed by atoms with Crippen LogP contribution in [0.25, 0.3) is 0 Å². The van der Waals surface area contributed by atoms with E-state index >= 15 is 0 Å². The summed E-state index contributed by atoms with van der Waals surface area (Å²) in [5.74, 6) is -0.155. The van der Waals surface area contributed by atoms with Crippen LogP contribution in [0.4, 0.5) is 4.39 Å². The minimum Gasteiger partial charge on any atom is -0.307 e. The Bertz CT molecular complexity index is 629. The first-order chi connectivity index (χ1) is 9.93. The van der Waals surface area contributed by atoms with Crippen molar-refractivity contribution in [2.24, 2.45) is 0 Å². The zero-order valence-electron chi connectivity index (χ0n) is 12.9. The van der Waals surface area contributed by atoms with Crippen molar-refractivity contribution in [1.29, 1.82) is 0 Å². The SMILES string of the molecule is CCNC(c1ccc(F)c(C)c1)c1cc(C)c(Br)c(C)c1. The number of nitrogens with one attached hydrogen (secondary N) is 1. The molecule has 0 saturated carbocycles. The fraction of sp³-hybridized carbons (Fsp3) is 0.333. The largest absolute Gasteiger partial charge is 0.307 e. The molecule has 0 aliphatic heterocycles. The third-order valence-corrected chi connectivity index (χ3v) is 4.97. The molecule has 112 valence electrons. The van der Waals surface area contributed by atoms with Gasteiger partial charge in [0.2, 0.25) is 0 Å². The summed E-state index contributed by atoms with van der Waals surface area (Å²) in [7, 11) is 0. The van der Waals surface area contributed by atoms with E-state index < -0.39 is 0 Å². The van der Waals surface area contributed by atoms with Crippen molar-refractivity contribution in [3.05, 3.63) is 68.4 Å². The van der Waals surface area contributed by atoms with Gasteiger partial charge in [0.05, 0.1) is 6.04 Å². The first kappa shape index (κ1) is 16.2. The van der Waals surface area contributed by atoms with Gasteiger partial charge in [0.25, 0.3) is 0 Å². The maximum atomic E-state index is 13.5. The second-order valence-corrected chi connectivity index (χ2v) is 6.26. The molecule has 3 heteroatoms. The smallest absolute Gasteiger partial charge is 0.126 e. The van der Waals surface area contributed by atoms with E-state index in [1.165, 1.54) is 16.7 Å². The highest BCUT2D eigenvalue weighted by atomic mass is 79.9. The lowest BCUT2D eigenvalue weighted by Crippen LogP contribution is -2.22. The predicted molar refractivity (Wildman–Crippen MR) is 90.3 cm³/mol. The van der Waals surface area contributed by atoms with E-state index in [9.17, 15) is 4.39 Å². The van der Waals surface area contributed by atoms with Crippen molar-refractivity contribution >= 4 is 15.9 Å². The normalized spacial score (nSPS) is 12.5. The molecule has 0 heterocycles. The minimum absolute atomic E-state index is 0.0831. The molecule has 0 radical (unpaired) electrons. The summed E-state index contributed by atoms with van der Waals surface area (Å²) in [5.41, 5.74) is 5.41. The van der Waals surface area contributed by atoms with Gasteiger partial charge in [0.15, 0.2) is 0 Å². The first-order valence-corrected chi connectivity index (χ1v) is 7.99. The summed E-state index contributed by atoms with van der Waals surface area (Å²) >= 11 is 3.61. The van der Waals surface area contributed by atoms with Crippen LogP contribution >= 0.6 is 15.9 Å². The highest BCUT2D eigenvalue weighted by Gasteiger charge is 2.16. The van der Waals surface area contributed by atoms with Crippen LogP contribution in [0.2, 0.25) is 0 Å². The van der Waals surface area contributed by atoms with Crippen molar-refractivity contribution in [2.45, 2.75) is 33.7 Å². The Labute approximate surface area is 134 Å². The molecule has 2 rings (SSSR count). The standard InChI is InChI=1S/C18H21BrFN/c1-5-21-18(14-6-7-16(20)11(2)8-14)15-9-12(3)17(19)13(4)10-15/h6-10,18,21H,5H2,1-4H3. The van der Waals surface area contributed by atoms with Crippen molar-refractivity contribution in [3.63, 3.8) is 0 Å². The van der Waals surface area contributed by atoms with E-state index in [2.05, 4.69) is 54.2 Å². The van der Waals surface area contributed by atoms with Gasteiger partial charge >= 0.3 is 0 Å². The highest BCUT2D eigenvalue weighted by molar-refractivity contribution is 9.10. The molecule has 0 spiro atoms. The summed E-state index contributed by atoms with van der Waals surface area (Å²) in [6.45, 7) is 8.94. The Kier molecular flexibility index (Phi) is 5.17. The molecule has 0 aromatic heterocycles. The molecule has 1 nitrogen and oxygen atoms in total. The maximum absolute atomic E-state index is 13.5. The molecule has 0 saturated heterocycles. The molecule has 0 amide bonds. The maximum Gasteiger partial charge on any atom is 0.126 e. The lowest BCUT2D eigenvalue weighted by atomic mass is 9.94. The van der Waals surface area contributed by atoms with E-state index in [1.54, 1.807) is 13.0 Å². The van der Waals surface area contributed by atoms with Gasteiger partial charge < -0.3 is 5.32 Å². The summed E-state index contributed by atoms with van der Waals surface area (Å²) in [4.78, 5) is 0. The first-order valence-electron chi connectivity index (χ1n) is 7.20. The van der Waals surface area contributed by atoms with E-state index in [1.807, 2.05) is 12.1 Å². The summed E-state index contributed by atoms with van der Waals surface area (Å²) in [5, 5.41) is 3.50. The molecule has 0 aliphatic carbocycles. The quantitative estimate of drug-likeness (QED) is 0.798. The number of rotatable bonds is 4. The van der Waals surface area contributed by atoms with Gasteiger partial charge in [0, 0.05) is 4.47 Å². The number of halogens is 2. The fourth-order valence-electron chi connectivity index (χ4n) is 2.63. The molecule has 0 bridgehead atoms. The monoisotopic (exact) mass is 349 g/mol. The van der Waals surface area contributed by atoms with Crippen LogP contribution < -0.4 is 5.32 Å². The molecule has 0 fully saturated rings. The summed E-state index contributed by atoms with van der Waals surface area (Å²) in [6.07, 6.45) is 0. The number of hydrogen-bond donors (Lipinski definition) is 1. The Morgan fingerprint density at radius 3 is 2.10 bits per heavy atom. The highest BCUT2D eigenvalue weighted by Crippen LogP contribution is 2.29. The van der Waals surface area contributed by atoms with Gasteiger partial charge in [0.1, 0.15) is 5.82 Å². The van der Waals surface area contributed by atoms with Crippen LogP contribution in [0.1, 0.15) is 40.8 Å². The summed E-state index contributed by atoms with van der Waals surface area (Å²) < 4.78 is 14.7. The van der Waals surface area contributed by atoms with Crippen molar-refractivity contribution in [2.75, 3.05) is 6.54 Å². The zero-order valence-corrected chi connectivity index (χ0v) is 14.5. The molecular weight excluding hydrogens is 329 g/mol. The molecule has 1 atom stereocenters. The predicted octanol–water partition coefficient (Wildman–Crippen LogP) is 5.21. The van der Waals surface area contributed by atoms with E-state index in [-0.39, 0.29) is 11.9 Å².